The molecule has 1 aliphatic rings. The lowest BCUT2D eigenvalue weighted by Crippen LogP contribution is -2.49. The van der Waals surface area contributed by atoms with Gasteiger partial charge in [0, 0.05) is 37.6 Å². The van der Waals surface area contributed by atoms with Crippen LogP contribution in [0.4, 0.5) is 11.4 Å². The Hall–Kier alpha value is -3.53. The molecule has 0 aliphatic carbocycles. The van der Waals surface area contributed by atoms with Gasteiger partial charge in [0.15, 0.2) is 0 Å². The summed E-state index contributed by atoms with van der Waals surface area (Å²) < 4.78 is 32.1. The molecule has 1 N–H and O–H groups in total. The maximum absolute atomic E-state index is 13.3. The summed E-state index contributed by atoms with van der Waals surface area (Å²) in [5, 5.41) is 4.52. The van der Waals surface area contributed by atoms with Gasteiger partial charge in [0.1, 0.15) is 11.4 Å². The molecule has 174 valence electrons. The van der Waals surface area contributed by atoms with Gasteiger partial charge in [-0.15, -0.1) is 0 Å². The van der Waals surface area contributed by atoms with E-state index < -0.39 is 10.0 Å². The number of aryl methyl sites for hydroxylation is 1. The summed E-state index contributed by atoms with van der Waals surface area (Å²) >= 11 is 0. The third-order valence-electron chi connectivity index (χ3n) is 5.47. The molecule has 0 atom stereocenters. The van der Waals surface area contributed by atoms with E-state index in [-0.39, 0.29) is 5.91 Å². The first-order valence-electron chi connectivity index (χ1n) is 10.6. The lowest BCUT2D eigenvalue weighted by atomic mass is 10.2. The number of hydrogen-bond donors (Lipinski definition) is 1. The minimum absolute atomic E-state index is 0.0567. The third kappa shape index (κ3) is 5.28. The summed E-state index contributed by atoms with van der Waals surface area (Å²) in [6, 6.07) is 16.5. The van der Waals surface area contributed by atoms with Crippen LogP contribution in [0, 0.1) is 6.92 Å². The van der Waals surface area contributed by atoms with Gasteiger partial charge in [-0.05, 0) is 61.5 Å². The molecule has 3 aromatic rings. The predicted molar refractivity (Wildman–Crippen MR) is 128 cm³/mol. The number of ether oxygens (including phenoxy) is 1. The molecule has 4 rings (SSSR count). The SMILES string of the molecule is COc1ccc(-n2nc(C)cc2C(=O)N2CCN(c3ccc(NS(C)(=O)=O)cc3)CC2)cc1. The summed E-state index contributed by atoms with van der Waals surface area (Å²) in [7, 11) is -1.69. The van der Waals surface area contributed by atoms with E-state index in [0.29, 0.717) is 37.6 Å². The number of anilines is 2. The van der Waals surface area contributed by atoms with E-state index in [1.54, 1.807) is 23.9 Å². The zero-order valence-corrected chi connectivity index (χ0v) is 19.7. The zero-order chi connectivity index (χ0) is 23.6. The summed E-state index contributed by atoms with van der Waals surface area (Å²) in [5.41, 5.74) is 3.61. The van der Waals surface area contributed by atoms with E-state index in [0.717, 1.165) is 29.1 Å². The fraction of sp³-hybridized carbons (Fsp3) is 0.304. The highest BCUT2D eigenvalue weighted by atomic mass is 32.2. The van der Waals surface area contributed by atoms with Crippen LogP contribution in [0.3, 0.4) is 0 Å². The summed E-state index contributed by atoms with van der Waals surface area (Å²) in [6.07, 6.45) is 1.12. The predicted octanol–water partition coefficient (Wildman–Crippen LogP) is 2.52. The van der Waals surface area contributed by atoms with Gasteiger partial charge in [-0.3, -0.25) is 9.52 Å². The van der Waals surface area contributed by atoms with Crippen molar-refractivity contribution in [3.63, 3.8) is 0 Å². The van der Waals surface area contributed by atoms with Crippen molar-refractivity contribution >= 4 is 27.3 Å². The van der Waals surface area contributed by atoms with Crippen molar-refractivity contribution in [2.24, 2.45) is 0 Å². The number of piperazine rings is 1. The molecule has 1 aromatic heterocycles. The number of rotatable bonds is 6. The van der Waals surface area contributed by atoms with Crippen LogP contribution in [-0.4, -0.2) is 68.5 Å². The Morgan fingerprint density at radius 1 is 0.970 bits per heavy atom. The van der Waals surface area contributed by atoms with Gasteiger partial charge in [-0.2, -0.15) is 5.10 Å². The molecule has 9 nitrogen and oxygen atoms in total. The average Bonchev–Trinajstić information content (AvgIpc) is 3.20. The van der Waals surface area contributed by atoms with Gasteiger partial charge in [0.2, 0.25) is 10.0 Å². The van der Waals surface area contributed by atoms with Crippen LogP contribution in [0.15, 0.2) is 54.6 Å². The Kier molecular flexibility index (Phi) is 6.28. The zero-order valence-electron chi connectivity index (χ0n) is 18.9. The van der Waals surface area contributed by atoms with Crippen LogP contribution in [0.5, 0.6) is 5.75 Å². The van der Waals surface area contributed by atoms with Crippen LogP contribution in [-0.2, 0) is 10.0 Å². The van der Waals surface area contributed by atoms with Crippen LogP contribution in [0.25, 0.3) is 5.69 Å². The minimum atomic E-state index is -3.30. The molecular weight excluding hydrogens is 442 g/mol. The fourth-order valence-electron chi connectivity index (χ4n) is 3.86. The number of hydrogen-bond acceptors (Lipinski definition) is 6. The molecule has 1 saturated heterocycles. The van der Waals surface area contributed by atoms with Crippen molar-refractivity contribution in [3.8, 4) is 11.4 Å². The van der Waals surface area contributed by atoms with Gasteiger partial charge in [-0.1, -0.05) is 0 Å². The average molecular weight is 470 g/mol. The molecule has 0 saturated carbocycles. The number of sulfonamides is 1. The number of carbonyl (C=O) groups excluding carboxylic acids is 1. The summed E-state index contributed by atoms with van der Waals surface area (Å²) in [6.45, 7) is 4.39. The highest BCUT2D eigenvalue weighted by Crippen LogP contribution is 2.22. The molecule has 0 radical (unpaired) electrons. The van der Waals surface area contributed by atoms with Crippen LogP contribution in [0.1, 0.15) is 16.2 Å². The van der Waals surface area contributed by atoms with Gasteiger partial charge >= 0.3 is 0 Å². The number of nitrogens with zero attached hydrogens (tertiary/aromatic N) is 4. The molecule has 0 bridgehead atoms. The first-order valence-corrected chi connectivity index (χ1v) is 12.5. The second kappa shape index (κ2) is 9.14. The van der Waals surface area contributed by atoms with Crippen molar-refractivity contribution < 1.29 is 17.9 Å². The highest BCUT2D eigenvalue weighted by Gasteiger charge is 2.25. The molecule has 2 aromatic carbocycles. The molecule has 1 aliphatic heterocycles. The van der Waals surface area contributed by atoms with Crippen molar-refractivity contribution in [3.05, 3.63) is 66.0 Å². The first-order chi connectivity index (χ1) is 15.7. The molecule has 10 heteroatoms. The maximum Gasteiger partial charge on any atom is 0.272 e. The largest absolute Gasteiger partial charge is 0.497 e. The van der Waals surface area contributed by atoms with E-state index in [9.17, 15) is 13.2 Å². The smallest absolute Gasteiger partial charge is 0.272 e. The maximum atomic E-state index is 13.3. The Balaban J connectivity index is 1.44. The first kappa shape index (κ1) is 22.7. The minimum Gasteiger partial charge on any atom is -0.497 e. The molecule has 2 heterocycles. The third-order valence-corrected chi connectivity index (χ3v) is 6.08. The molecule has 0 spiro atoms. The van der Waals surface area contributed by atoms with E-state index in [4.69, 9.17) is 4.74 Å². The second-order valence-corrected chi connectivity index (χ2v) is 9.73. The van der Waals surface area contributed by atoms with Gasteiger partial charge in [0.25, 0.3) is 5.91 Å². The van der Waals surface area contributed by atoms with Crippen molar-refractivity contribution in [1.29, 1.82) is 0 Å². The van der Waals surface area contributed by atoms with Crippen molar-refractivity contribution in [2.75, 3.05) is 49.2 Å². The van der Waals surface area contributed by atoms with E-state index in [1.165, 1.54) is 0 Å². The molecular formula is C23H27N5O4S. The standard InChI is InChI=1S/C23H27N5O4S/c1-17-16-22(28(24-17)20-8-10-21(32-2)11-9-20)23(29)27-14-12-26(13-15-27)19-6-4-18(5-7-19)25-33(3,30)31/h4-11,16,25H,12-15H2,1-3H3. The monoisotopic (exact) mass is 469 g/mol. The van der Waals surface area contributed by atoms with Crippen molar-refractivity contribution in [1.82, 2.24) is 14.7 Å². The summed E-state index contributed by atoms with van der Waals surface area (Å²) in [5.74, 6) is 0.686. The number of nitrogens with one attached hydrogen (secondary N) is 1. The number of amides is 1. The Bertz CT molecular complexity index is 1230. The van der Waals surface area contributed by atoms with Crippen LogP contribution in [0.2, 0.25) is 0 Å². The summed E-state index contributed by atoms with van der Waals surface area (Å²) in [4.78, 5) is 17.3. The quantitative estimate of drug-likeness (QED) is 0.596. The Labute approximate surface area is 193 Å². The van der Waals surface area contributed by atoms with Crippen LogP contribution < -0.4 is 14.4 Å². The van der Waals surface area contributed by atoms with Crippen molar-refractivity contribution in [2.45, 2.75) is 6.92 Å². The van der Waals surface area contributed by atoms with E-state index >= 15 is 0 Å². The molecule has 1 fully saturated rings. The topological polar surface area (TPSA) is 96.8 Å². The number of benzene rings is 2. The Morgan fingerprint density at radius 3 is 2.15 bits per heavy atom. The fourth-order valence-corrected chi connectivity index (χ4v) is 4.42. The number of aromatic nitrogens is 2. The Morgan fingerprint density at radius 2 is 1.58 bits per heavy atom. The number of methoxy groups -OCH3 is 1. The number of carbonyl (C=O) groups is 1. The normalized spacial score (nSPS) is 14.3. The van der Waals surface area contributed by atoms with Gasteiger partial charge in [0.05, 0.1) is 24.7 Å². The van der Waals surface area contributed by atoms with Crippen LogP contribution >= 0.6 is 0 Å². The van der Waals surface area contributed by atoms with Gasteiger partial charge in [-0.25, -0.2) is 13.1 Å². The lowest BCUT2D eigenvalue weighted by molar-refractivity contribution is 0.0737. The molecule has 0 unspecified atom stereocenters. The van der Waals surface area contributed by atoms with E-state index in [1.807, 2.05) is 54.3 Å². The second-order valence-electron chi connectivity index (χ2n) is 7.98. The molecule has 33 heavy (non-hydrogen) atoms. The van der Waals surface area contributed by atoms with Gasteiger partial charge < -0.3 is 14.5 Å². The lowest BCUT2D eigenvalue weighted by Gasteiger charge is -2.36. The highest BCUT2D eigenvalue weighted by molar-refractivity contribution is 7.92. The van der Waals surface area contributed by atoms with E-state index in [2.05, 4.69) is 14.7 Å². The molecule has 1 amide bonds.